The molecule has 1 atom stereocenters. The molecule has 38 heavy (non-hydrogen) atoms. The standard InChI is InChI=1S/C31H41N5O2/c1-19(2)24-11-10-20(3)28(14-24)38-18-26-23(6)34-31(30-21(4)8-7-9-22(30)5)35-27(26)15-33-25-12-13-36(16-25)17-29(32)37/h7-11,14,19,25,33H,12-13,15-18H2,1-6H3,(H2,32,37)/t25-/m0/s1. The van der Waals surface area contributed by atoms with Crippen molar-refractivity contribution in [2.75, 3.05) is 19.6 Å². The van der Waals surface area contributed by atoms with Crippen molar-refractivity contribution in [2.24, 2.45) is 5.73 Å². The van der Waals surface area contributed by atoms with Crippen LogP contribution in [-0.2, 0) is 17.9 Å². The molecule has 7 heteroatoms. The third kappa shape index (κ3) is 6.58. The number of nitrogens with two attached hydrogens (primary N) is 1. The van der Waals surface area contributed by atoms with E-state index in [1.54, 1.807) is 0 Å². The van der Waals surface area contributed by atoms with Crippen molar-refractivity contribution >= 4 is 5.91 Å². The minimum Gasteiger partial charge on any atom is -0.488 e. The van der Waals surface area contributed by atoms with E-state index in [4.69, 9.17) is 20.4 Å². The van der Waals surface area contributed by atoms with E-state index < -0.39 is 0 Å². The molecule has 1 amide bonds. The largest absolute Gasteiger partial charge is 0.488 e. The monoisotopic (exact) mass is 515 g/mol. The van der Waals surface area contributed by atoms with Gasteiger partial charge in [-0.25, -0.2) is 9.97 Å². The first-order chi connectivity index (χ1) is 18.1. The highest BCUT2D eigenvalue weighted by molar-refractivity contribution is 5.76. The van der Waals surface area contributed by atoms with Crippen LogP contribution in [0.15, 0.2) is 36.4 Å². The molecule has 7 nitrogen and oxygen atoms in total. The Morgan fingerprint density at radius 3 is 2.53 bits per heavy atom. The molecule has 2 heterocycles. The summed E-state index contributed by atoms with van der Waals surface area (Å²) in [5.41, 5.74) is 14.0. The van der Waals surface area contributed by atoms with Crippen LogP contribution in [-0.4, -0.2) is 46.5 Å². The average molecular weight is 516 g/mol. The average Bonchev–Trinajstić information content (AvgIpc) is 3.29. The maximum absolute atomic E-state index is 11.4. The van der Waals surface area contributed by atoms with Crippen LogP contribution in [0.4, 0.5) is 0 Å². The fourth-order valence-corrected chi connectivity index (χ4v) is 5.15. The lowest BCUT2D eigenvalue weighted by molar-refractivity contribution is -0.118. The summed E-state index contributed by atoms with van der Waals surface area (Å²) in [6.07, 6.45) is 0.966. The van der Waals surface area contributed by atoms with Crippen molar-refractivity contribution in [3.8, 4) is 17.1 Å². The van der Waals surface area contributed by atoms with Gasteiger partial charge in [0.05, 0.1) is 12.2 Å². The molecule has 1 aliphatic rings. The van der Waals surface area contributed by atoms with Crippen molar-refractivity contribution in [1.82, 2.24) is 20.2 Å². The van der Waals surface area contributed by atoms with Crippen molar-refractivity contribution in [3.05, 3.63) is 75.6 Å². The van der Waals surface area contributed by atoms with Gasteiger partial charge in [-0.05, 0) is 68.4 Å². The van der Waals surface area contributed by atoms with Gasteiger partial charge in [0, 0.05) is 42.5 Å². The zero-order chi connectivity index (χ0) is 27.4. The second-order valence-corrected chi connectivity index (χ2v) is 10.9. The SMILES string of the molecule is Cc1ccc(C(C)C)cc1OCc1c(C)nc(-c2c(C)cccc2C)nc1CN[C@H]1CCN(CC(N)=O)C1. The molecule has 3 aromatic rings. The molecule has 202 valence electrons. The molecule has 1 aliphatic heterocycles. The summed E-state index contributed by atoms with van der Waals surface area (Å²) in [6.45, 7) is 15.7. The van der Waals surface area contributed by atoms with Gasteiger partial charge in [0.1, 0.15) is 12.4 Å². The van der Waals surface area contributed by atoms with E-state index in [9.17, 15) is 4.79 Å². The zero-order valence-corrected chi connectivity index (χ0v) is 23.6. The van der Waals surface area contributed by atoms with Gasteiger partial charge >= 0.3 is 0 Å². The van der Waals surface area contributed by atoms with Crippen LogP contribution < -0.4 is 15.8 Å². The molecule has 1 fully saturated rings. The number of aromatic nitrogens is 2. The van der Waals surface area contributed by atoms with E-state index in [0.29, 0.717) is 25.6 Å². The van der Waals surface area contributed by atoms with Gasteiger partial charge in [-0.1, -0.05) is 44.2 Å². The van der Waals surface area contributed by atoms with Crippen LogP contribution in [0.1, 0.15) is 65.4 Å². The Morgan fingerprint density at radius 1 is 1.11 bits per heavy atom. The third-order valence-corrected chi connectivity index (χ3v) is 7.47. The molecule has 0 saturated carbocycles. The predicted octanol–water partition coefficient (Wildman–Crippen LogP) is 4.73. The molecule has 2 aromatic carbocycles. The number of nitrogens with one attached hydrogen (secondary N) is 1. The van der Waals surface area contributed by atoms with Gasteiger partial charge < -0.3 is 15.8 Å². The third-order valence-electron chi connectivity index (χ3n) is 7.47. The smallest absolute Gasteiger partial charge is 0.231 e. The Kier molecular flexibility index (Phi) is 8.80. The van der Waals surface area contributed by atoms with Crippen molar-refractivity contribution in [3.63, 3.8) is 0 Å². The van der Waals surface area contributed by atoms with E-state index in [1.807, 2.05) is 6.92 Å². The second kappa shape index (κ2) is 12.0. The summed E-state index contributed by atoms with van der Waals surface area (Å²) in [6, 6.07) is 13.0. The zero-order valence-electron chi connectivity index (χ0n) is 23.6. The lowest BCUT2D eigenvalue weighted by Gasteiger charge is -2.19. The van der Waals surface area contributed by atoms with E-state index in [1.165, 1.54) is 5.56 Å². The Hall–Kier alpha value is -3.29. The highest BCUT2D eigenvalue weighted by Crippen LogP contribution is 2.28. The van der Waals surface area contributed by atoms with Gasteiger partial charge in [0.15, 0.2) is 5.82 Å². The quantitative estimate of drug-likeness (QED) is 0.406. The molecular formula is C31H41N5O2. The van der Waals surface area contributed by atoms with Crippen LogP contribution >= 0.6 is 0 Å². The second-order valence-electron chi connectivity index (χ2n) is 10.9. The van der Waals surface area contributed by atoms with E-state index in [2.05, 4.69) is 81.2 Å². The van der Waals surface area contributed by atoms with Gasteiger partial charge in [-0.3, -0.25) is 9.69 Å². The number of amides is 1. The van der Waals surface area contributed by atoms with Gasteiger partial charge in [-0.15, -0.1) is 0 Å². The lowest BCUT2D eigenvalue weighted by Crippen LogP contribution is -2.36. The van der Waals surface area contributed by atoms with E-state index in [-0.39, 0.29) is 11.9 Å². The molecule has 0 aliphatic carbocycles. The number of rotatable bonds is 10. The molecule has 0 bridgehead atoms. The lowest BCUT2D eigenvalue weighted by atomic mass is 10.0. The highest BCUT2D eigenvalue weighted by atomic mass is 16.5. The number of primary amides is 1. The number of nitrogens with zero attached hydrogens (tertiary/aromatic N) is 3. The topological polar surface area (TPSA) is 93.4 Å². The predicted molar refractivity (Wildman–Crippen MR) is 152 cm³/mol. The summed E-state index contributed by atoms with van der Waals surface area (Å²) in [7, 11) is 0. The van der Waals surface area contributed by atoms with Crippen LogP contribution in [0.3, 0.4) is 0 Å². The van der Waals surface area contributed by atoms with E-state index in [0.717, 1.165) is 70.3 Å². The maximum Gasteiger partial charge on any atom is 0.231 e. The van der Waals surface area contributed by atoms with Crippen LogP contribution in [0.25, 0.3) is 11.4 Å². The first-order valence-electron chi connectivity index (χ1n) is 13.5. The minimum absolute atomic E-state index is 0.270. The fourth-order valence-electron chi connectivity index (χ4n) is 5.15. The number of carbonyl (C=O) groups is 1. The molecule has 1 aromatic heterocycles. The maximum atomic E-state index is 11.4. The van der Waals surface area contributed by atoms with Gasteiger partial charge in [-0.2, -0.15) is 0 Å². The number of likely N-dealkylation sites (tertiary alicyclic amines) is 1. The number of hydrogen-bond acceptors (Lipinski definition) is 6. The molecule has 3 N–H and O–H groups in total. The van der Waals surface area contributed by atoms with Crippen molar-refractivity contribution in [1.29, 1.82) is 0 Å². The number of ether oxygens (including phenoxy) is 1. The van der Waals surface area contributed by atoms with Crippen LogP contribution in [0.2, 0.25) is 0 Å². The highest BCUT2D eigenvalue weighted by Gasteiger charge is 2.24. The molecular weight excluding hydrogens is 474 g/mol. The van der Waals surface area contributed by atoms with Gasteiger partial charge in [0.25, 0.3) is 0 Å². The number of benzene rings is 2. The Morgan fingerprint density at radius 2 is 1.84 bits per heavy atom. The summed E-state index contributed by atoms with van der Waals surface area (Å²) >= 11 is 0. The Labute approximate surface area is 226 Å². The Bertz CT molecular complexity index is 1280. The molecule has 1 saturated heterocycles. The summed E-state index contributed by atoms with van der Waals surface area (Å²) in [5, 5.41) is 3.67. The fraction of sp³-hybridized carbons (Fsp3) is 0.452. The molecule has 4 rings (SSSR count). The molecule has 0 unspecified atom stereocenters. The van der Waals surface area contributed by atoms with Gasteiger partial charge in [0.2, 0.25) is 5.91 Å². The number of carbonyl (C=O) groups excluding carboxylic acids is 1. The minimum atomic E-state index is -0.286. The first kappa shape index (κ1) is 27.7. The van der Waals surface area contributed by atoms with Crippen molar-refractivity contribution < 1.29 is 9.53 Å². The van der Waals surface area contributed by atoms with E-state index >= 15 is 0 Å². The molecule has 0 radical (unpaired) electrons. The summed E-state index contributed by atoms with van der Waals surface area (Å²) in [4.78, 5) is 23.5. The first-order valence-corrected chi connectivity index (χ1v) is 13.5. The number of aryl methyl sites for hydroxylation is 4. The Balaban J connectivity index is 1.62. The van der Waals surface area contributed by atoms with Crippen LogP contribution in [0.5, 0.6) is 5.75 Å². The van der Waals surface area contributed by atoms with Crippen LogP contribution in [0, 0.1) is 27.7 Å². The normalized spacial score (nSPS) is 15.8. The molecule has 0 spiro atoms. The number of hydrogen-bond donors (Lipinski definition) is 2. The summed E-state index contributed by atoms with van der Waals surface area (Å²) < 4.78 is 6.39. The summed E-state index contributed by atoms with van der Waals surface area (Å²) in [5.74, 6) is 1.79. The van der Waals surface area contributed by atoms with Crippen molar-refractivity contribution in [2.45, 2.75) is 73.1 Å².